The molecule has 0 aliphatic rings. The number of hydrogen-bond acceptors (Lipinski definition) is 0. The van der Waals surface area contributed by atoms with Gasteiger partial charge in [0, 0.05) is 0 Å². The summed E-state index contributed by atoms with van der Waals surface area (Å²) in [4.78, 5) is 0. The van der Waals surface area contributed by atoms with Crippen molar-refractivity contribution in [2.45, 2.75) is 107 Å². The maximum atomic E-state index is 2.40. The molecule has 0 aromatic heterocycles. The van der Waals surface area contributed by atoms with Crippen molar-refractivity contribution in [3.8, 4) is 0 Å². The van der Waals surface area contributed by atoms with Crippen LogP contribution in [-0.2, 0) is 0 Å². The highest BCUT2D eigenvalue weighted by atomic mass is 14.0. The highest BCUT2D eigenvalue weighted by Gasteiger charge is 1.92. The smallest absolute Gasteiger partial charge is 0.0285 e. The molecule has 0 atom stereocenters. The lowest BCUT2D eigenvalue weighted by molar-refractivity contribution is 0.918. The molecule has 168 valence electrons. The summed E-state index contributed by atoms with van der Waals surface area (Å²) in [6, 6.07) is 0. The summed E-state index contributed by atoms with van der Waals surface area (Å²) in [5.74, 6) is 0. The van der Waals surface area contributed by atoms with Crippen LogP contribution in [0.25, 0.3) is 0 Å². The second-order valence-electron chi connectivity index (χ2n) is 9.23. The molecule has 0 bridgehead atoms. The van der Waals surface area contributed by atoms with Gasteiger partial charge in [-0.15, -0.1) is 0 Å². The van der Waals surface area contributed by atoms with Gasteiger partial charge in [0.2, 0.25) is 0 Å². The van der Waals surface area contributed by atoms with E-state index in [1.807, 2.05) is 0 Å². The van der Waals surface area contributed by atoms with Crippen molar-refractivity contribution < 1.29 is 0 Å². The molecule has 0 aliphatic heterocycles. The Bertz CT molecular complexity index is 616. The van der Waals surface area contributed by atoms with Crippen LogP contribution in [0.15, 0.2) is 82.0 Å². The zero-order chi connectivity index (χ0) is 22.8. The van der Waals surface area contributed by atoms with Crippen molar-refractivity contribution in [2.75, 3.05) is 0 Å². The zero-order valence-corrected chi connectivity index (χ0v) is 21.3. The van der Waals surface area contributed by atoms with Gasteiger partial charge in [-0.2, -0.15) is 0 Å². The molecule has 0 saturated carbocycles. The summed E-state index contributed by atoms with van der Waals surface area (Å²) >= 11 is 0. The van der Waals surface area contributed by atoms with Crippen LogP contribution in [0.2, 0.25) is 0 Å². The number of allylic oxidation sites excluding steroid dienone is 14. The van der Waals surface area contributed by atoms with Gasteiger partial charge in [-0.1, -0.05) is 82.0 Å². The van der Waals surface area contributed by atoms with E-state index >= 15 is 0 Å². The van der Waals surface area contributed by atoms with Crippen molar-refractivity contribution in [3.63, 3.8) is 0 Å². The fourth-order valence-electron chi connectivity index (χ4n) is 3.08. The quantitative estimate of drug-likeness (QED) is 0.198. The number of rotatable bonds is 14. The fraction of sp³-hybridized carbons (Fsp3) is 0.533. The first kappa shape index (κ1) is 28.2. The molecule has 0 fully saturated rings. The lowest BCUT2D eigenvalue weighted by Gasteiger charge is -2.01. The molecule has 0 aromatic carbocycles. The Morgan fingerprint density at radius 3 is 1.03 bits per heavy atom. The largest absolute Gasteiger partial charge is 0.0856 e. The monoisotopic (exact) mass is 408 g/mol. The molecule has 0 saturated heterocycles. The Hall–Kier alpha value is -1.82. The molecule has 0 heteroatoms. The first-order valence-corrected chi connectivity index (χ1v) is 11.8. The van der Waals surface area contributed by atoms with E-state index in [0.717, 1.165) is 25.7 Å². The van der Waals surface area contributed by atoms with Crippen LogP contribution >= 0.6 is 0 Å². The second-order valence-corrected chi connectivity index (χ2v) is 9.23. The van der Waals surface area contributed by atoms with E-state index in [0.29, 0.717) is 0 Å². The van der Waals surface area contributed by atoms with Gasteiger partial charge >= 0.3 is 0 Å². The van der Waals surface area contributed by atoms with E-state index in [-0.39, 0.29) is 0 Å². The van der Waals surface area contributed by atoms with Crippen LogP contribution < -0.4 is 0 Å². The maximum absolute atomic E-state index is 2.40. The first-order valence-electron chi connectivity index (χ1n) is 11.8. The molecule has 0 rings (SSSR count). The summed E-state index contributed by atoms with van der Waals surface area (Å²) in [5.41, 5.74) is 8.74. The highest BCUT2D eigenvalue weighted by Crippen LogP contribution is 2.13. The van der Waals surface area contributed by atoms with E-state index < -0.39 is 0 Å². The average molecular weight is 409 g/mol. The molecule has 0 unspecified atom stereocenters. The summed E-state index contributed by atoms with van der Waals surface area (Å²) in [6.07, 6.45) is 27.6. The predicted molar refractivity (Wildman–Crippen MR) is 140 cm³/mol. The molecular weight excluding hydrogens is 360 g/mol. The van der Waals surface area contributed by atoms with E-state index in [2.05, 4.69) is 104 Å². The Kier molecular flexibility index (Phi) is 16.9. The normalized spacial score (nSPS) is 13.7. The van der Waals surface area contributed by atoms with Gasteiger partial charge in [0.25, 0.3) is 0 Å². The average Bonchev–Trinajstić information content (AvgIpc) is 2.64. The minimum atomic E-state index is 1.14. The maximum Gasteiger partial charge on any atom is -0.0285 e. The van der Waals surface area contributed by atoms with Crippen LogP contribution in [0, 0.1) is 0 Å². The van der Waals surface area contributed by atoms with E-state index in [1.54, 1.807) is 0 Å². The molecular formula is C30H48. The van der Waals surface area contributed by atoms with Gasteiger partial charge in [-0.05, 0) is 107 Å². The predicted octanol–water partition coefficient (Wildman–Crippen LogP) is 10.4. The Labute approximate surface area is 188 Å². The third-order valence-corrected chi connectivity index (χ3v) is 5.12. The van der Waals surface area contributed by atoms with Crippen LogP contribution in [0.3, 0.4) is 0 Å². The lowest BCUT2D eigenvalue weighted by Crippen LogP contribution is -1.80. The van der Waals surface area contributed by atoms with Crippen molar-refractivity contribution in [2.24, 2.45) is 0 Å². The molecule has 0 amide bonds. The third-order valence-electron chi connectivity index (χ3n) is 5.12. The SMILES string of the molecule is CC(C)=CCC/C(C)=C\CC/C(C)=C/C=C/C=C(\C)CC/C=C(\C)CCC=C(C)C. The Morgan fingerprint density at radius 2 is 0.700 bits per heavy atom. The zero-order valence-electron chi connectivity index (χ0n) is 21.3. The molecule has 0 aliphatic carbocycles. The van der Waals surface area contributed by atoms with E-state index in [4.69, 9.17) is 0 Å². The van der Waals surface area contributed by atoms with Gasteiger partial charge in [0.15, 0.2) is 0 Å². The van der Waals surface area contributed by atoms with Crippen LogP contribution in [-0.4, -0.2) is 0 Å². The molecule has 0 nitrogen and oxygen atoms in total. The summed E-state index contributed by atoms with van der Waals surface area (Å²) < 4.78 is 0. The van der Waals surface area contributed by atoms with Crippen LogP contribution in [0.1, 0.15) is 107 Å². The van der Waals surface area contributed by atoms with Crippen LogP contribution in [0.4, 0.5) is 0 Å². The van der Waals surface area contributed by atoms with Gasteiger partial charge in [-0.25, -0.2) is 0 Å². The lowest BCUT2D eigenvalue weighted by atomic mass is 10.1. The van der Waals surface area contributed by atoms with Crippen LogP contribution in [0.5, 0.6) is 0 Å². The second kappa shape index (κ2) is 18.0. The highest BCUT2D eigenvalue weighted by molar-refractivity contribution is 5.19. The van der Waals surface area contributed by atoms with Crippen molar-refractivity contribution >= 4 is 0 Å². The minimum Gasteiger partial charge on any atom is -0.0856 e. The molecule has 0 aromatic rings. The van der Waals surface area contributed by atoms with E-state index in [1.165, 1.54) is 59.1 Å². The topological polar surface area (TPSA) is 0 Å². The minimum absolute atomic E-state index is 1.14. The van der Waals surface area contributed by atoms with Crippen molar-refractivity contribution in [1.82, 2.24) is 0 Å². The van der Waals surface area contributed by atoms with Gasteiger partial charge in [0.05, 0.1) is 0 Å². The van der Waals surface area contributed by atoms with E-state index in [9.17, 15) is 0 Å². The van der Waals surface area contributed by atoms with Gasteiger partial charge < -0.3 is 0 Å². The van der Waals surface area contributed by atoms with Crippen molar-refractivity contribution in [1.29, 1.82) is 0 Å². The first-order chi connectivity index (χ1) is 14.2. The molecule has 30 heavy (non-hydrogen) atoms. The van der Waals surface area contributed by atoms with Crippen molar-refractivity contribution in [3.05, 3.63) is 82.0 Å². The molecule has 0 spiro atoms. The molecule has 0 heterocycles. The fourth-order valence-corrected chi connectivity index (χ4v) is 3.08. The number of hydrogen-bond donors (Lipinski definition) is 0. The Balaban J connectivity index is 4.21. The Morgan fingerprint density at radius 1 is 0.400 bits per heavy atom. The molecule has 0 N–H and O–H groups in total. The standard InChI is InChI=1S/C30H48/c1-25(2)15-11-19-29(7)23-13-21-27(5)17-9-10-18-28(6)22-14-24-30(8)20-12-16-26(3)4/h9-10,15-18,23-24H,11-14,19-22H2,1-8H3/b10-9+,27-17+,28-18+,29-23-,30-24+. The summed E-state index contributed by atoms with van der Waals surface area (Å²) in [6.45, 7) is 17.7. The van der Waals surface area contributed by atoms with Gasteiger partial charge in [-0.3, -0.25) is 0 Å². The third kappa shape index (κ3) is 19.5. The summed E-state index contributed by atoms with van der Waals surface area (Å²) in [5, 5.41) is 0. The molecule has 0 radical (unpaired) electrons. The van der Waals surface area contributed by atoms with Gasteiger partial charge in [0.1, 0.15) is 0 Å². The summed E-state index contributed by atoms with van der Waals surface area (Å²) in [7, 11) is 0.